The molecule has 2 atom stereocenters. The summed E-state index contributed by atoms with van der Waals surface area (Å²) in [5.74, 6) is 0. The fraction of sp³-hybridized carbons (Fsp3) is 0. The molecule has 0 saturated heterocycles. The second-order valence-electron chi connectivity index (χ2n) is 0.774. The van der Waals surface area contributed by atoms with Crippen molar-refractivity contribution in [3.05, 3.63) is 0 Å². The van der Waals surface area contributed by atoms with Gasteiger partial charge in [0.2, 0.25) is 0 Å². The molecule has 0 aliphatic heterocycles. The van der Waals surface area contributed by atoms with Crippen LogP contribution in [-0.2, 0) is 41.3 Å². The first-order chi connectivity index (χ1) is 4.52. The average Bonchev–Trinajstić information content (AvgIpc) is 1.58. The molecule has 0 spiro atoms. The Morgan fingerprint density at radius 3 is 1.14 bits per heavy atom. The van der Waals surface area contributed by atoms with Crippen LogP contribution >= 0.6 is 0 Å². The van der Waals surface area contributed by atoms with Gasteiger partial charge < -0.3 is 0 Å². The molecule has 0 aliphatic carbocycles. The SMILES string of the molecule is O=S(O)OS(=O)OS(=O)O.[CaH2].[CaH2].[NaH].[NaH]. The molecule has 14 heteroatoms. The molecule has 0 heterocycles. The summed E-state index contributed by atoms with van der Waals surface area (Å²) < 4.78 is 51.9. The predicted molar refractivity (Wildman–Crippen MR) is 63.2 cm³/mol. The van der Waals surface area contributed by atoms with E-state index < -0.39 is 34.1 Å². The van der Waals surface area contributed by atoms with E-state index in [1.54, 1.807) is 0 Å². The molecule has 2 N–H and O–H groups in total. The van der Waals surface area contributed by atoms with E-state index in [1.807, 2.05) is 0 Å². The van der Waals surface area contributed by atoms with Crippen molar-refractivity contribution in [2.24, 2.45) is 0 Å². The third kappa shape index (κ3) is 25.6. The van der Waals surface area contributed by atoms with E-state index in [-0.39, 0.29) is 135 Å². The Morgan fingerprint density at radius 2 is 1.00 bits per heavy atom. The topological polar surface area (TPSA) is 110 Å². The summed E-state index contributed by atoms with van der Waals surface area (Å²) in [6, 6.07) is 0. The van der Waals surface area contributed by atoms with Gasteiger partial charge in [-0.2, -0.15) is 12.6 Å². The molecule has 0 aromatic heterocycles. The number of hydrogen-bond donors (Lipinski definition) is 2. The Labute approximate surface area is 193 Å². The summed E-state index contributed by atoms with van der Waals surface area (Å²) >= 11 is -8.25. The van der Waals surface area contributed by atoms with Gasteiger partial charge in [0.1, 0.15) is 0 Å². The van der Waals surface area contributed by atoms with Gasteiger partial charge in [-0.1, -0.05) is 0 Å². The van der Waals surface area contributed by atoms with Crippen LogP contribution in [-0.4, -0.2) is 156 Å². The minimum atomic E-state index is -2.78. The molecule has 0 fully saturated rings. The van der Waals surface area contributed by atoms with Gasteiger partial charge in [-0.05, 0) is 0 Å². The van der Waals surface area contributed by atoms with E-state index >= 15 is 0 Å². The van der Waals surface area contributed by atoms with E-state index in [9.17, 15) is 12.6 Å². The molecule has 0 aliphatic rings. The van der Waals surface area contributed by atoms with Crippen molar-refractivity contribution in [2.75, 3.05) is 0 Å². The van der Waals surface area contributed by atoms with Crippen LogP contribution < -0.4 is 0 Å². The molecule has 0 rings (SSSR count). The van der Waals surface area contributed by atoms with Crippen LogP contribution in [0.3, 0.4) is 0 Å². The van der Waals surface area contributed by atoms with Gasteiger partial charge in [0.05, 0.1) is 0 Å². The minimum absolute atomic E-state index is 0. The zero-order valence-corrected chi connectivity index (χ0v) is 6.61. The van der Waals surface area contributed by atoms with Crippen molar-refractivity contribution >= 4 is 169 Å². The van der Waals surface area contributed by atoms with Crippen LogP contribution in [0.1, 0.15) is 0 Å². The molecule has 0 amide bonds. The summed E-state index contributed by atoms with van der Waals surface area (Å²) in [7, 11) is 0. The molecular formula is H8Ca2Na2O7S3. The molecule has 14 heavy (non-hydrogen) atoms. The van der Waals surface area contributed by atoms with Crippen molar-refractivity contribution in [2.45, 2.75) is 0 Å². The Morgan fingerprint density at radius 1 is 0.786 bits per heavy atom. The maximum absolute atomic E-state index is 10.0. The third-order valence-electron chi connectivity index (χ3n) is 0.228. The molecule has 0 aromatic rings. The predicted octanol–water partition coefficient (Wildman–Crippen LogP) is -4.26. The van der Waals surface area contributed by atoms with E-state index in [0.717, 1.165) is 0 Å². The monoisotopic (exact) mass is 342 g/mol. The Hall–Kier alpha value is 4.81. The van der Waals surface area contributed by atoms with Gasteiger partial charge in [-0.15, -0.1) is 7.26 Å². The molecule has 2 unspecified atom stereocenters. The first kappa shape index (κ1) is 31.3. The van der Waals surface area contributed by atoms with Gasteiger partial charge in [-0.3, -0.25) is 9.11 Å². The Bertz CT molecular complexity index is 168. The summed E-state index contributed by atoms with van der Waals surface area (Å²) in [6.07, 6.45) is 0. The second kappa shape index (κ2) is 20.1. The summed E-state index contributed by atoms with van der Waals surface area (Å²) in [5.41, 5.74) is 0. The van der Waals surface area contributed by atoms with Crippen LogP contribution in [0.2, 0.25) is 0 Å². The normalized spacial score (nSPS) is 14.1. The van der Waals surface area contributed by atoms with Crippen LogP contribution in [0.25, 0.3) is 0 Å². The van der Waals surface area contributed by atoms with Crippen LogP contribution in [0, 0.1) is 0 Å². The third-order valence-corrected chi connectivity index (χ3v) is 2.05. The Kier molecular flexibility index (Phi) is 45.0. The first-order valence-corrected chi connectivity index (χ1v) is 4.60. The summed E-state index contributed by atoms with van der Waals surface area (Å²) in [5, 5.41) is 0. The first-order valence-electron chi connectivity index (χ1n) is 1.53. The second-order valence-corrected chi connectivity index (χ2v) is 3.14. The van der Waals surface area contributed by atoms with Gasteiger partial charge in [0, 0.05) is 0 Å². The van der Waals surface area contributed by atoms with Gasteiger partial charge in [-0.25, -0.2) is 0 Å². The molecule has 0 radical (unpaired) electrons. The summed E-state index contributed by atoms with van der Waals surface area (Å²) in [4.78, 5) is 0. The van der Waals surface area contributed by atoms with E-state index in [0.29, 0.717) is 0 Å². The molecule has 0 aromatic carbocycles. The molecule has 74 valence electrons. The van der Waals surface area contributed by atoms with Crippen LogP contribution in [0.15, 0.2) is 0 Å². The van der Waals surface area contributed by atoms with Crippen molar-refractivity contribution in [1.82, 2.24) is 0 Å². The fourth-order valence-electron chi connectivity index (χ4n) is 0.106. The fourth-order valence-corrected chi connectivity index (χ4v) is 1.16. The van der Waals surface area contributed by atoms with Crippen molar-refractivity contribution in [1.29, 1.82) is 0 Å². The van der Waals surface area contributed by atoms with E-state index in [2.05, 4.69) is 7.26 Å². The van der Waals surface area contributed by atoms with Gasteiger partial charge in [0.15, 0.2) is 0 Å². The number of rotatable bonds is 4. The maximum atomic E-state index is 10.0. The van der Waals surface area contributed by atoms with Gasteiger partial charge in [0.25, 0.3) is 0 Å². The zero-order valence-electron chi connectivity index (χ0n) is 4.16. The van der Waals surface area contributed by atoms with Crippen molar-refractivity contribution < 1.29 is 29.0 Å². The molecule has 0 bridgehead atoms. The Balaban J connectivity index is -0.0000000675. The van der Waals surface area contributed by atoms with Crippen LogP contribution in [0.5, 0.6) is 0 Å². The molecular weight excluding hydrogens is 334 g/mol. The molecule has 0 saturated carbocycles. The number of hydrogen-bond acceptors (Lipinski definition) is 5. The standard InChI is InChI=1S/2Ca.2Na.H2O7S3.6H/c;;;;1-8(2)6-10(5)7-9(3)4;;;;;;/h;;;;(H,1,2)(H,3,4);;;;;;. The van der Waals surface area contributed by atoms with Crippen molar-refractivity contribution in [3.63, 3.8) is 0 Å². The van der Waals surface area contributed by atoms with E-state index in [4.69, 9.17) is 9.11 Å². The van der Waals surface area contributed by atoms with E-state index in [1.165, 1.54) is 0 Å². The quantitative estimate of drug-likeness (QED) is 0.393. The molecule has 7 nitrogen and oxygen atoms in total. The average molecular weight is 342 g/mol. The van der Waals surface area contributed by atoms with Gasteiger partial charge >= 0.3 is 169 Å². The summed E-state index contributed by atoms with van der Waals surface area (Å²) in [6.45, 7) is 0. The van der Waals surface area contributed by atoms with Crippen LogP contribution in [0.4, 0.5) is 0 Å². The zero-order chi connectivity index (χ0) is 8.15. The van der Waals surface area contributed by atoms with Crippen molar-refractivity contribution in [3.8, 4) is 0 Å².